The lowest BCUT2D eigenvalue weighted by molar-refractivity contribution is -0.154. The lowest BCUT2D eigenvalue weighted by Crippen LogP contribution is -2.21. The Morgan fingerprint density at radius 1 is 1.36 bits per heavy atom. The maximum Gasteiger partial charge on any atom is 0.422 e. The first-order valence-corrected chi connectivity index (χ1v) is 6.28. The van der Waals surface area contributed by atoms with Gasteiger partial charge < -0.3 is 18.9 Å². The third-order valence-electron chi connectivity index (χ3n) is 2.70. The third kappa shape index (κ3) is 4.20. The number of nitrogens with zero attached hydrogens (tertiary/aromatic N) is 2. The van der Waals surface area contributed by atoms with Crippen LogP contribution in [0.1, 0.15) is 16.8 Å². The van der Waals surface area contributed by atoms with Crippen LogP contribution in [0, 0.1) is 0 Å². The molecule has 122 valence electrons. The lowest BCUT2D eigenvalue weighted by Gasteiger charge is -2.15. The van der Waals surface area contributed by atoms with Gasteiger partial charge in [-0.25, -0.2) is 0 Å². The van der Waals surface area contributed by atoms with Gasteiger partial charge in [0.05, 0.1) is 20.3 Å². The van der Waals surface area contributed by atoms with E-state index in [4.69, 9.17) is 14.2 Å². The zero-order chi connectivity index (χ0) is 16.2. The van der Waals surface area contributed by atoms with Crippen LogP contribution in [0.4, 0.5) is 13.2 Å². The molecule has 10 heteroatoms. The molecule has 22 heavy (non-hydrogen) atoms. The first kappa shape index (κ1) is 16.3. The fourth-order valence-corrected chi connectivity index (χ4v) is 1.73. The molecule has 2 rings (SSSR count). The molecule has 0 aromatic carbocycles. The summed E-state index contributed by atoms with van der Waals surface area (Å²) in [7, 11) is 1.21. The number of carbonyl (C=O) groups excluding carboxylic acids is 1. The molecule has 1 saturated heterocycles. The summed E-state index contributed by atoms with van der Waals surface area (Å²) in [6.45, 7) is -0.785. The van der Waals surface area contributed by atoms with Gasteiger partial charge in [0.15, 0.2) is 12.9 Å². The first-order chi connectivity index (χ1) is 10.4. The minimum Gasteiger partial charge on any atom is -0.480 e. The maximum atomic E-state index is 12.2. The van der Waals surface area contributed by atoms with E-state index in [0.717, 1.165) is 0 Å². The minimum absolute atomic E-state index is 0.103. The van der Waals surface area contributed by atoms with Crippen molar-refractivity contribution >= 4 is 6.29 Å². The number of aldehydes is 1. The van der Waals surface area contributed by atoms with E-state index in [-0.39, 0.29) is 23.4 Å². The summed E-state index contributed by atoms with van der Waals surface area (Å²) in [4.78, 5) is 18.4. The summed E-state index contributed by atoms with van der Waals surface area (Å²) in [5, 5.41) is 0. The quantitative estimate of drug-likeness (QED) is 0.733. The Labute approximate surface area is 123 Å². The van der Waals surface area contributed by atoms with Crippen LogP contribution < -0.4 is 14.2 Å². The van der Waals surface area contributed by atoms with Gasteiger partial charge >= 0.3 is 12.2 Å². The molecule has 0 spiro atoms. The minimum atomic E-state index is -4.54. The number of methoxy groups -OCH3 is 1. The van der Waals surface area contributed by atoms with Crippen molar-refractivity contribution in [2.45, 2.75) is 18.7 Å². The predicted octanol–water partition coefficient (Wildman–Crippen LogP) is 1.41. The third-order valence-corrected chi connectivity index (χ3v) is 2.70. The van der Waals surface area contributed by atoms with E-state index in [9.17, 15) is 18.0 Å². The SMILES string of the molecule is COc1nc(OCC(F)(F)F)nc(O[C@H]2CCOC2)c1C=O. The number of alkyl halides is 3. The molecule has 0 bridgehead atoms. The highest BCUT2D eigenvalue weighted by molar-refractivity contribution is 5.81. The van der Waals surface area contributed by atoms with Crippen LogP contribution in [0.25, 0.3) is 0 Å². The Balaban J connectivity index is 2.25. The largest absolute Gasteiger partial charge is 0.480 e. The van der Waals surface area contributed by atoms with E-state index in [0.29, 0.717) is 25.9 Å². The van der Waals surface area contributed by atoms with Crippen molar-refractivity contribution in [3.8, 4) is 17.8 Å². The molecule has 1 atom stereocenters. The zero-order valence-electron chi connectivity index (χ0n) is 11.6. The van der Waals surface area contributed by atoms with Gasteiger partial charge in [-0.2, -0.15) is 23.1 Å². The fourth-order valence-electron chi connectivity index (χ4n) is 1.73. The number of carbonyl (C=O) groups is 1. The number of aromatic nitrogens is 2. The van der Waals surface area contributed by atoms with E-state index in [1.165, 1.54) is 7.11 Å². The van der Waals surface area contributed by atoms with Crippen molar-refractivity contribution < 1.29 is 36.9 Å². The molecule has 0 unspecified atom stereocenters. The molecule has 0 aliphatic carbocycles. The van der Waals surface area contributed by atoms with Crippen molar-refractivity contribution in [3.63, 3.8) is 0 Å². The molecule has 0 saturated carbocycles. The molecule has 1 aromatic heterocycles. The van der Waals surface area contributed by atoms with Crippen LogP contribution in [0.15, 0.2) is 0 Å². The second kappa shape index (κ2) is 6.77. The number of rotatable bonds is 6. The Morgan fingerprint density at radius 2 is 2.09 bits per heavy atom. The lowest BCUT2D eigenvalue weighted by atomic mass is 10.3. The molecule has 0 radical (unpaired) electrons. The second-order valence-corrected chi connectivity index (χ2v) is 4.36. The van der Waals surface area contributed by atoms with E-state index in [1.54, 1.807) is 0 Å². The van der Waals surface area contributed by atoms with Gasteiger partial charge in [0.25, 0.3) is 0 Å². The van der Waals surface area contributed by atoms with Gasteiger partial charge in [-0.3, -0.25) is 4.79 Å². The maximum absolute atomic E-state index is 12.2. The van der Waals surface area contributed by atoms with E-state index in [2.05, 4.69) is 14.7 Å². The van der Waals surface area contributed by atoms with Gasteiger partial charge in [0.1, 0.15) is 11.7 Å². The molecule has 1 aromatic rings. The summed E-state index contributed by atoms with van der Waals surface area (Å²) < 4.78 is 56.4. The van der Waals surface area contributed by atoms with Crippen LogP contribution in [0.5, 0.6) is 17.8 Å². The van der Waals surface area contributed by atoms with Crippen LogP contribution in [0.2, 0.25) is 0 Å². The van der Waals surface area contributed by atoms with Gasteiger partial charge in [-0.05, 0) is 0 Å². The highest BCUT2D eigenvalue weighted by Crippen LogP contribution is 2.28. The van der Waals surface area contributed by atoms with Crippen molar-refractivity contribution in [2.24, 2.45) is 0 Å². The van der Waals surface area contributed by atoms with Gasteiger partial charge in [-0.1, -0.05) is 0 Å². The van der Waals surface area contributed by atoms with Crippen LogP contribution in [0.3, 0.4) is 0 Å². The van der Waals surface area contributed by atoms with Crippen LogP contribution in [-0.2, 0) is 4.74 Å². The average Bonchev–Trinajstić information content (AvgIpc) is 2.96. The molecule has 2 heterocycles. The molecule has 7 nitrogen and oxygen atoms in total. The molecule has 1 aliphatic rings. The van der Waals surface area contributed by atoms with Gasteiger partial charge in [0.2, 0.25) is 11.8 Å². The molecule has 0 N–H and O–H groups in total. The van der Waals surface area contributed by atoms with Crippen molar-refractivity contribution in [3.05, 3.63) is 5.56 Å². The zero-order valence-corrected chi connectivity index (χ0v) is 11.6. The Morgan fingerprint density at radius 3 is 2.64 bits per heavy atom. The van der Waals surface area contributed by atoms with Gasteiger partial charge in [0, 0.05) is 6.42 Å². The highest BCUT2D eigenvalue weighted by atomic mass is 19.4. The number of halogens is 3. The summed E-state index contributed by atoms with van der Waals surface area (Å²) >= 11 is 0. The topological polar surface area (TPSA) is 79.8 Å². The first-order valence-electron chi connectivity index (χ1n) is 6.28. The summed E-state index contributed by atoms with van der Waals surface area (Å²) in [5.74, 6) is -0.425. The Kier molecular flexibility index (Phi) is 5.01. The predicted molar refractivity (Wildman–Crippen MR) is 65.4 cm³/mol. The monoisotopic (exact) mass is 322 g/mol. The average molecular weight is 322 g/mol. The summed E-state index contributed by atoms with van der Waals surface area (Å²) in [6.07, 6.45) is -3.92. The molecule has 1 fully saturated rings. The Bertz CT molecular complexity index is 532. The van der Waals surface area contributed by atoms with Crippen LogP contribution in [-0.4, -0.2) is 55.5 Å². The summed E-state index contributed by atoms with van der Waals surface area (Å²) in [6, 6.07) is -0.589. The number of hydrogen-bond donors (Lipinski definition) is 0. The van der Waals surface area contributed by atoms with Crippen LogP contribution >= 0.6 is 0 Å². The molecule has 0 amide bonds. The van der Waals surface area contributed by atoms with Gasteiger partial charge in [-0.15, -0.1) is 0 Å². The smallest absolute Gasteiger partial charge is 0.422 e. The highest BCUT2D eigenvalue weighted by Gasteiger charge is 2.30. The standard InChI is InChI=1S/C12H13F3N2O5/c1-19-9-8(4-18)10(22-7-2-3-20-5-7)17-11(16-9)21-6-12(13,14)15/h4,7H,2-3,5-6H2,1H3/t7-/m0/s1. The fraction of sp³-hybridized carbons (Fsp3) is 0.583. The Hall–Kier alpha value is -2.10. The van der Waals surface area contributed by atoms with E-state index < -0.39 is 18.8 Å². The normalized spacial score (nSPS) is 18.1. The summed E-state index contributed by atoms with van der Waals surface area (Å²) in [5.41, 5.74) is -0.103. The number of hydrogen-bond acceptors (Lipinski definition) is 7. The van der Waals surface area contributed by atoms with Crippen molar-refractivity contribution in [2.75, 3.05) is 26.9 Å². The number of ether oxygens (including phenoxy) is 4. The van der Waals surface area contributed by atoms with E-state index >= 15 is 0 Å². The van der Waals surface area contributed by atoms with Crippen molar-refractivity contribution in [1.29, 1.82) is 0 Å². The van der Waals surface area contributed by atoms with E-state index in [1.807, 2.05) is 0 Å². The van der Waals surface area contributed by atoms with Crippen molar-refractivity contribution in [1.82, 2.24) is 9.97 Å². The molecule has 1 aliphatic heterocycles. The second-order valence-electron chi connectivity index (χ2n) is 4.36. The molecular formula is C12H13F3N2O5. The molecular weight excluding hydrogens is 309 g/mol.